The maximum atomic E-state index is 12.8. The fraction of sp³-hybridized carbons (Fsp3) is 0.250. The maximum absolute atomic E-state index is 12.8. The highest BCUT2D eigenvalue weighted by atomic mass is 16.5. The molecule has 2 atom stereocenters. The number of carbonyl (C=O) groups excluding carboxylic acids is 1. The summed E-state index contributed by atoms with van der Waals surface area (Å²) in [5.41, 5.74) is 2.87. The number of H-pyrrole nitrogens is 1. The molecule has 0 saturated heterocycles. The second-order valence-corrected chi connectivity index (χ2v) is 7.82. The minimum Gasteiger partial charge on any atom is -0.437 e. The molecule has 0 amide bonds. The summed E-state index contributed by atoms with van der Waals surface area (Å²) in [5, 5.41) is 10.0. The molecule has 7 heteroatoms. The number of para-hydroxylation sites is 2. The Morgan fingerprint density at radius 1 is 1.03 bits per heavy atom. The maximum Gasteiger partial charge on any atom is 0.241 e. The van der Waals surface area contributed by atoms with Crippen LogP contribution in [-0.2, 0) is 0 Å². The molecule has 4 aromatic rings. The van der Waals surface area contributed by atoms with E-state index in [1.54, 1.807) is 36.7 Å². The zero-order valence-corrected chi connectivity index (χ0v) is 16.9. The number of nitrogens with zero attached hydrogens (tertiary/aromatic N) is 3. The van der Waals surface area contributed by atoms with Gasteiger partial charge in [-0.15, -0.1) is 0 Å². The van der Waals surface area contributed by atoms with Gasteiger partial charge in [0.25, 0.3) is 0 Å². The summed E-state index contributed by atoms with van der Waals surface area (Å²) in [5.74, 6) is 1.26. The number of rotatable bonds is 5. The van der Waals surface area contributed by atoms with Gasteiger partial charge in [-0.1, -0.05) is 18.6 Å². The number of benzene rings is 2. The Bertz CT molecular complexity index is 1190. The molecule has 2 aromatic carbocycles. The van der Waals surface area contributed by atoms with E-state index in [-0.39, 0.29) is 17.8 Å². The van der Waals surface area contributed by atoms with Crippen molar-refractivity contribution < 1.29 is 14.6 Å². The SMILES string of the molecule is O=C(c1ccc(Oc2nccnc2[C@H]2CCC[C@H](O)C2)cc1)c1nc2ccccc2[nH]1. The Labute approximate surface area is 179 Å². The van der Waals surface area contributed by atoms with Crippen LogP contribution in [0.2, 0.25) is 0 Å². The Balaban J connectivity index is 1.34. The number of ether oxygens (including phenoxy) is 1. The largest absolute Gasteiger partial charge is 0.437 e. The van der Waals surface area contributed by atoms with Crippen molar-refractivity contribution in [1.82, 2.24) is 19.9 Å². The number of imidazole rings is 1. The molecule has 31 heavy (non-hydrogen) atoms. The lowest BCUT2D eigenvalue weighted by Crippen LogP contribution is -2.19. The van der Waals surface area contributed by atoms with Crippen LogP contribution in [0.4, 0.5) is 0 Å². The standard InChI is InChI=1S/C24H22N4O3/c29-17-5-3-4-16(14-17)21-24(26-13-12-25-21)31-18-10-8-15(9-11-18)22(30)23-27-19-6-1-2-7-20(19)28-23/h1-2,6-13,16-17,29H,3-5,14H2,(H,27,28)/t16-,17-/m0/s1. The third kappa shape index (κ3) is 4.04. The molecule has 1 fully saturated rings. The van der Waals surface area contributed by atoms with Gasteiger partial charge < -0.3 is 14.8 Å². The third-order valence-electron chi connectivity index (χ3n) is 5.66. The van der Waals surface area contributed by atoms with E-state index in [4.69, 9.17) is 4.74 Å². The molecule has 0 bridgehead atoms. The molecule has 2 N–H and O–H groups in total. The van der Waals surface area contributed by atoms with Gasteiger partial charge in [0.05, 0.1) is 17.1 Å². The van der Waals surface area contributed by atoms with Gasteiger partial charge in [-0.05, 0) is 55.7 Å². The lowest BCUT2D eigenvalue weighted by Gasteiger charge is -2.26. The van der Waals surface area contributed by atoms with Crippen molar-refractivity contribution in [1.29, 1.82) is 0 Å². The Kier molecular flexibility index (Phi) is 5.18. The molecule has 0 aliphatic heterocycles. The first-order valence-corrected chi connectivity index (χ1v) is 10.4. The van der Waals surface area contributed by atoms with Gasteiger partial charge in [-0.25, -0.2) is 9.97 Å². The molecule has 1 saturated carbocycles. The third-order valence-corrected chi connectivity index (χ3v) is 5.66. The fourth-order valence-electron chi connectivity index (χ4n) is 4.09. The van der Waals surface area contributed by atoms with Crippen LogP contribution >= 0.6 is 0 Å². The second kappa shape index (κ2) is 8.28. The highest BCUT2D eigenvalue weighted by Gasteiger charge is 2.26. The zero-order valence-electron chi connectivity index (χ0n) is 16.9. The summed E-state index contributed by atoms with van der Waals surface area (Å²) in [6.07, 6.45) is 6.35. The number of hydrogen-bond acceptors (Lipinski definition) is 6. The molecule has 1 aliphatic carbocycles. The molecule has 0 radical (unpaired) electrons. The Morgan fingerprint density at radius 2 is 1.84 bits per heavy atom. The molecule has 156 valence electrons. The smallest absolute Gasteiger partial charge is 0.241 e. The van der Waals surface area contributed by atoms with Crippen molar-refractivity contribution in [2.24, 2.45) is 0 Å². The van der Waals surface area contributed by atoms with Crippen LogP contribution in [-0.4, -0.2) is 36.9 Å². The monoisotopic (exact) mass is 414 g/mol. The first-order valence-electron chi connectivity index (χ1n) is 10.4. The summed E-state index contributed by atoms with van der Waals surface area (Å²) < 4.78 is 6.00. The van der Waals surface area contributed by atoms with Crippen molar-refractivity contribution in [2.75, 3.05) is 0 Å². The highest BCUT2D eigenvalue weighted by molar-refractivity contribution is 6.08. The van der Waals surface area contributed by atoms with E-state index in [2.05, 4.69) is 19.9 Å². The number of fused-ring (bicyclic) bond motifs is 1. The van der Waals surface area contributed by atoms with E-state index < -0.39 is 0 Å². The number of ketones is 1. The molecular weight excluding hydrogens is 392 g/mol. The van der Waals surface area contributed by atoms with Crippen LogP contribution in [0.3, 0.4) is 0 Å². The molecule has 5 rings (SSSR count). The number of aromatic amines is 1. The highest BCUT2D eigenvalue weighted by Crippen LogP contribution is 2.36. The quantitative estimate of drug-likeness (QED) is 0.470. The predicted octanol–water partition coefficient (Wildman–Crippen LogP) is 4.39. The first-order chi connectivity index (χ1) is 15.2. The van der Waals surface area contributed by atoms with Crippen molar-refractivity contribution in [3.63, 3.8) is 0 Å². The van der Waals surface area contributed by atoms with Crippen molar-refractivity contribution in [2.45, 2.75) is 37.7 Å². The topological polar surface area (TPSA) is 101 Å². The second-order valence-electron chi connectivity index (χ2n) is 7.82. The Hall–Kier alpha value is -3.58. The van der Waals surface area contributed by atoms with Gasteiger partial charge in [0.2, 0.25) is 11.7 Å². The molecule has 7 nitrogen and oxygen atoms in total. The van der Waals surface area contributed by atoms with Crippen LogP contribution in [0.5, 0.6) is 11.6 Å². The predicted molar refractivity (Wildman–Crippen MR) is 115 cm³/mol. The molecule has 2 aromatic heterocycles. The van der Waals surface area contributed by atoms with Crippen molar-refractivity contribution in [3.05, 3.63) is 78.0 Å². The average molecular weight is 414 g/mol. The summed E-state index contributed by atoms with van der Waals surface area (Å²) in [4.78, 5) is 29.1. The van der Waals surface area contributed by atoms with E-state index in [0.29, 0.717) is 29.4 Å². The number of hydrogen-bond donors (Lipinski definition) is 2. The molecule has 0 spiro atoms. The molecule has 1 aliphatic rings. The molecular formula is C24H22N4O3. The number of aliphatic hydroxyl groups excluding tert-OH is 1. The minimum absolute atomic E-state index is 0.126. The van der Waals surface area contributed by atoms with E-state index in [0.717, 1.165) is 36.0 Å². The molecule has 2 heterocycles. The van der Waals surface area contributed by atoms with E-state index in [1.165, 1.54) is 0 Å². The van der Waals surface area contributed by atoms with Crippen LogP contribution < -0.4 is 4.74 Å². The van der Waals surface area contributed by atoms with Gasteiger partial charge in [0.15, 0.2) is 5.82 Å². The van der Waals surface area contributed by atoms with E-state index in [9.17, 15) is 9.90 Å². The number of carbonyl (C=O) groups is 1. The first kappa shape index (κ1) is 19.4. The number of nitrogens with one attached hydrogen (secondary N) is 1. The summed E-state index contributed by atoms with van der Waals surface area (Å²) in [7, 11) is 0. The lowest BCUT2D eigenvalue weighted by atomic mass is 9.85. The average Bonchev–Trinajstić information content (AvgIpc) is 3.24. The van der Waals surface area contributed by atoms with Crippen LogP contribution in [0, 0.1) is 0 Å². The van der Waals surface area contributed by atoms with Crippen LogP contribution in [0.25, 0.3) is 11.0 Å². The van der Waals surface area contributed by atoms with Gasteiger partial charge >= 0.3 is 0 Å². The van der Waals surface area contributed by atoms with Gasteiger partial charge in [0, 0.05) is 23.9 Å². The summed E-state index contributed by atoms with van der Waals surface area (Å²) in [6, 6.07) is 14.4. The van der Waals surface area contributed by atoms with Crippen LogP contribution in [0.15, 0.2) is 60.9 Å². The van der Waals surface area contributed by atoms with Gasteiger partial charge in [0.1, 0.15) is 11.4 Å². The molecule has 0 unspecified atom stereocenters. The lowest BCUT2D eigenvalue weighted by molar-refractivity contribution is 0.103. The fourth-order valence-corrected chi connectivity index (χ4v) is 4.09. The van der Waals surface area contributed by atoms with Crippen molar-refractivity contribution >= 4 is 16.8 Å². The Morgan fingerprint density at radius 3 is 2.65 bits per heavy atom. The van der Waals surface area contributed by atoms with Gasteiger partial charge in [-0.3, -0.25) is 9.78 Å². The normalized spacial score (nSPS) is 18.7. The van der Waals surface area contributed by atoms with E-state index in [1.807, 2.05) is 24.3 Å². The van der Waals surface area contributed by atoms with Crippen LogP contribution in [0.1, 0.15) is 53.5 Å². The summed E-state index contributed by atoms with van der Waals surface area (Å²) >= 11 is 0. The summed E-state index contributed by atoms with van der Waals surface area (Å²) in [6.45, 7) is 0. The minimum atomic E-state index is -0.308. The number of aliphatic hydroxyl groups is 1. The van der Waals surface area contributed by atoms with E-state index >= 15 is 0 Å². The van der Waals surface area contributed by atoms with Gasteiger partial charge in [-0.2, -0.15) is 0 Å². The zero-order chi connectivity index (χ0) is 21.2. The number of aromatic nitrogens is 4. The van der Waals surface area contributed by atoms with Crippen molar-refractivity contribution in [3.8, 4) is 11.6 Å².